The van der Waals surface area contributed by atoms with Gasteiger partial charge in [0.2, 0.25) is 0 Å². The summed E-state index contributed by atoms with van der Waals surface area (Å²) >= 11 is 1.65. The van der Waals surface area contributed by atoms with Gasteiger partial charge in [0.05, 0.1) is 27.9 Å². The molecule has 0 bridgehead atoms. The number of fused-ring (bicyclic) bond motifs is 1. The lowest BCUT2D eigenvalue weighted by Crippen LogP contribution is -2.15. The van der Waals surface area contributed by atoms with Crippen LogP contribution < -0.4 is 5.73 Å². The van der Waals surface area contributed by atoms with Crippen molar-refractivity contribution in [3.63, 3.8) is 0 Å². The van der Waals surface area contributed by atoms with Crippen molar-refractivity contribution in [2.75, 3.05) is 19.5 Å². The van der Waals surface area contributed by atoms with Crippen molar-refractivity contribution in [2.45, 2.75) is 31.6 Å². The molecule has 22 heavy (non-hydrogen) atoms. The molecule has 3 rings (SSSR count). The third kappa shape index (κ3) is 2.80. The number of nitrogens with zero attached hydrogens (tertiary/aromatic N) is 1. The summed E-state index contributed by atoms with van der Waals surface area (Å²) in [6.45, 7) is 0.283. The van der Waals surface area contributed by atoms with Gasteiger partial charge in [0.15, 0.2) is 0 Å². The fraction of sp³-hybridized carbons (Fsp3) is 0.500. The number of aliphatic hydroxyl groups is 1. The summed E-state index contributed by atoms with van der Waals surface area (Å²) in [5.41, 5.74) is 7.54. The molecule has 1 aliphatic carbocycles. The van der Waals surface area contributed by atoms with Crippen molar-refractivity contribution in [1.29, 1.82) is 0 Å². The van der Waals surface area contributed by atoms with E-state index in [4.69, 9.17) is 15.5 Å². The Kier molecular flexibility index (Phi) is 4.31. The highest BCUT2D eigenvalue weighted by Crippen LogP contribution is 2.39. The highest BCUT2D eigenvalue weighted by molar-refractivity contribution is 7.18. The summed E-state index contributed by atoms with van der Waals surface area (Å²) in [4.78, 5) is 16.4. The zero-order chi connectivity index (χ0) is 15.7. The maximum Gasteiger partial charge on any atom is 0.340 e. The molecule has 1 aromatic heterocycles. The van der Waals surface area contributed by atoms with E-state index in [0.717, 1.165) is 40.9 Å². The molecule has 1 fully saturated rings. The summed E-state index contributed by atoms with van der Waals surface area (Å²) in [7, 11) is 1.35. The van der Waals surface area contributed by atoms with Crippen LogP contribution in [0.15, 0.2) is 12.1 Å². The Morgan fingerprint density at radius 3 is 2.77 bits per heavy atom. The molecule has 0 atom stereocenters. The van der Waals surface area contributed by atoms with Gasteiger partial charge in [-0.05, 0) is 43.7 Å². The lowest BCUT2D eigenvalue weighted by Gasteiger charge is -2.25. The number of rotatable bonds is 3. The van der Waals surface area contributed by atoms with Gasteiger partial charge in [0.1, 0.15) is 0 Å². The molecule has 0 saturated heterocycles. The van der Waals surface area contributed by atoms with E-state index >= 15 is 0 Å². The molecule has 0 unspecified atom stereocenters. The van der Waals surface area contributed by atoms with Gasteiger partial charge in [-0.2, -0.15) is 0 Å². The first-order valence-electron chi connectivity index (χ1n) is 7.51. The van der Waals surface area contributed by atoms with Crippen LogP contribution in [0, 0.1) is 5.92 Å². The SMILES string of the molecule is COC(=O)c1cc2nc([C@H]3CC[C@H](CO)CC3)sc2cc1N. The lowest BCUT2D eigenvalue weighted by molar-refractivity contribution is 0.0602. The number of benzene rings is 1. The first-order chi connectivity index (χ1) is 10.6. The minimum absolute atomic E-state index is 0.283. The molecule has 118 valence electrons. The fourth-order valence-corrected chi connectivity index (χ4v) is 4.23. The van der Waals surface area contributed by atoms with Crippen molar-refractivity contribution in [1.82, 2.24) is 4.98 Å². The van der Waals surface area contributed by atoms with Crippen LogP contribution in [0.25, 0.3) is 10.2 Å². The molecule has 1 saturated carbocycles. The Morgan fingerprint density at radius 1 is 1.41 bits per heavy atom. The molecular formula is C16H20N2O3S. The first kappa shape index (κ1) is 15.2. The summed E-state index contributed by atoms with van der Waals surface area (Å²) in [5, 5.41) is 10.3. The Hall–Kier alpha value is -1.66. The van der Waals surface area contributed by atoms with Gasteiger partial charge in [0, 0.05) is 18.2 Å². The topological polar surface area (TPSA) is 85.4 Å². The number of carbonyl (C=O) groups excluding carboxylic acids is 1. The van der Waals surface area contributed by atoms with E-state index in [1.807, 2.05) is 6.07 Å². The second-order valence-electron chi connectivity index (χ2n) is 5.85. The van der Waals surface area contributed by atoms with E-state index in [0.29, 0.717) is 23.1 Å². The molecule has 1 aliphatic rings. The van der Waals surface area contributed by atoms with Gasteiger partial charge in [-0.1, -0.05) is 0 Å². The highest BCUT2D eigenvalue weighted by Gasteiger charge is 2.24. The molecule has 1 aromatic carbocycles. The van der Waals surface area contributed by atoms with E-state index in [1.54, 1.807) is 17.4 Å². The van der Waals surface area contributed by atoms with E-state index in [2.05, 4.69) is 0 Å². The minimum Gasteiger partial charge on any atom is -0.465 e. The number of ether oxygens (including phenoxy) is 1. The van der Waals surface area contributed by atoms with Gasteiger partial charge in [0.25, 0.3) is 0 Å². The second kappa shape index (κ2) is 6.22. The maximum absolute atomic E-state index is 11.7. The van der Waals surface area contributed by atoms with Gasteiger partial charge in [-0.25, -0.2) is 9.78 Å². The first-order valence-corrected chi connectivity index (χ1v) is 8.33. The molecule has 2 aromatic rings. The minimum atomic E-state index is -0.433. The number of methoxy groups -OCH3 is 1. The van der Waals surface area contributed by atoms with E-state index in [-0.39, 0.29) is 6.61 Å². The molecule has 0 spiro atoms. The number of esters is 1. The molecule has 0 aliphatic heterocycles. The average Bonchev–Trinajstić information content (AvgIpc) is 2.96. The maximum atomic E-state index is 11.7. The summed E-state index contributed by atoms with van der Waals surface area (Å²) < 4.78 is 5.75. The van der Waals surface area contributed by atoms with Crippen LogP contribution in [-0.4, -0.2) is 29.8 Å². The number of aliphatic hydroxyl groups excluding tert-OH is 1. The summed E-state index contributed by atoms with van der Waals surface area (Å²) in [5.74, 6) is 0.451. The van der Waals surface area contributed by atoms with E-state index < -0.39 is 5.97 Å². The van der Waals surface area contributed by atoms with E-state index in [9.17, 15) is 9.90 Å². The quantitative estimate of drug-likeness (QED) is 0.671. The third-order valence-electron chi connectivity index (χ3n) is 4.44. The predicted octanol–water partition coefficient (Wildman–Crippen LogP) is 2.93. The molecular weight excluding hydrogens is 300 g/mol. The summed E-state index contributed by atoms with van der Waals surface area (Å²) in [6.07, 6.45) is 4.22. The van der Waals surface area contributed by atoms with Crippen molar-refractivity contribution in [3.8, 4) is 0 Å². The Bertz CT molecular complexity index is 690. The number of carbonyl (C=O) groups is 1. The van der Waals surface area contributed by atoms with Gasteiger partial charge >= 0.3 is 5.97 Å². The molecule has 0 radical (unpaired) electrons. The fourth-order valence-electron chi connectivity index (χ4n) is 3.06. The molecule has 6 heteroatoms. The number of nitrogen functional groups attached to an aromatic ring is 1. The molecule has 0 amide bonds. The molecule has 1 heterocycles. The van der Waals surface area contributed by atoms with Crippen molar-refractivity contribution < 1.29 is 14.6 Å². The summed E-state index contributed by atoms with van der Waals surface area (Å²) in [6, 6.07) is 3.53. The van der Waals surface area contributed by atoms with Crippen LogP contribution in [0.4, 0.5) is 5.69 Å². The van der Waals surface area contributed by atoms with Crippen LogP contribution in [0.1, 0.15) is 47.0 Å². The number of anilines is 1. The van der Waals surface area contributed by atoms with Crippen LogP contribution >= 0.6 is 11.3 Å². The average molecular weight is 320 g/mol. The zero-order valence-electron chi connectivity index (χ0n) is 12.5. The van der Waals surface area contributed by atoms with Crippen LogP contribution in [0.5, 0.6) is 0 Å². The third-order valence-corrected chi connectivity index (χ3v) is 5.62. The largest absolute Gasteiger partial charge is 0.465 e. The van der Waals surface area contributed by atoms with Gasteiger partial charge in [-0.3, -0.25) is 0 Å². The predicted molar refractivity (Wildman–Crippen MR) is 87.2 cm³/mol. The highest BCUT2D eigenvalue weighted by atomic mass is 32.1. The van der Waals surface area contributed by atoms with Crippen LogP contribution in [0.2, 0.25) is 0 Å². The van der Waals surface area contributed by atoms with Gasteiger partial charge < -0.3 is 15.6 Å². The van der Waals surface area contributed by atoms with E-state index in [1.165, 1.54) is 7.11 Å². The Labute approximate surface area is 133 Å². The Balaban J connectivity index is 1.88. The molecule has 3 N–H and O–H groups in total. The zero-order valence-corrected chi connectivity index (χ0v) is 13.4. The van der Waals surface area contributed by atoms with Crippen LogP contribution in [0.3, 0.4) is 0 Å². The standard InChI is InChI=1S/C16H20N2O3S/c1-21-16(20)11-6-13-14(7-12(11)17)22-15(18-13)10-4-2-9(8-19)3-5-10/h6-7,9-10,19H,2-5,8,17H2,1H3/t9-,10-. The number of hydrogen-bond acceptors (Lipinski definition) is 6. The smallest absolute Gasteiger partial charge is 0.340 e. The Morgan fingerprint density at radius 2 is 2.14 bits per heavy atom. The number of thiazole rings is 1. The van der Waals surface area contributed by atoms with Gasteiger partial charge in [-0.15, -0.1) is 11.3 Å². The second-order valence-corrected chi connectivity index (χ2v) is 6.91. The molecule has 5 nitrogen and oxygen atoms in total. The number of aromatic nitrogens is 1. The van der Waals surface area contributed by atoms with Crippen LogP contribution in [-0.2, 0) is 4.74 Å². The number of hydrogen-bond donors (Lipinski definition) is 2. The monoisotopic (exact) mass is 320 g/mol. The normalized spacial score (nSPS) is 21.9. The lowest BCUT2D eigenvalue weighted by atomic mass is 9.83. The van der Waals surface area contributed by atoms with Crippen molar-refractivity contribution in [3.05, 3.63) is 22.7 Å². The van der Waals surface area contributed by atoms with Crippen molar-refractivity contribution in [2.24, 2.45) is 5.92 Å². The number of nitrogens with two attached hydrogens (primary N) is 1. The van der Waals surface area contributed by atoms with Crippen molar-refractivity contribution >= 4 is 33.2 Å².